The molecule has 0 bridgehead atoms. The summed E-state index contributed by atoms with van der Waals surface area (Å²) in [4.78, 5) is 38.5. The number of benzene rings is 1. The second-order valence-electron chi connectivity index (χ2n) is 8.23. The Balaban J connectivity index is 1.99. The maximum atomic E-state index is 12.6. The van der Waals surface area contributed by atoms with Crippen molar-refractivity contribution in [3.05, 3.63) is 51.6 Å². The van der Waals surface area contributed by atoms with Gasteiger partial charge in [-0.2, -0.15) is 0 Å². The summed E-state index contributed by atoms with van der Waals surface area (Å²) < 4.78 is 26.3. The third kappa shape index (κ3) is 6.75. The molecule has 2 aromatic rings. The zero-order chi connectivity index (χ0) is 25.4. The van der Waals surface area contributed by atoms with E-state index in [1.54, 1.807) is 18.2 Å². The van der Waals surface area contributed by atoms with Crippen LogP contribution in [0, 0.1) is 0 Å². The summed E-state index contributed by atoms with van der Waals surface area (Å²) >= 11 is 0. The third-order valence-corrected chi connectivity index (χ3v) is 5.91. The summed E-state index contributed by atoms with van der Waals surface area (Å²) in [5.74, 6) is -1.56. The van der Waals surface area contributed by atoms with Crippen LogP contribution in [0.1, 0.15) is 48.7 Å². The summed E-state index contributed by atoms with van der Waals surface area (Å²) in [6.45, 7) is 1.91. The van der Waals surface area contributed by atoms with Crippen molar-refractivity contribution in [2.24, 2.45) is 0 Å². The number of hydrogen-bond acceptors (Lipinski definition) is 10. The van der Waals surface area contributed by atoms with Crippen molar-refractivity contribution in [3.8, 4) is 17.2 Å². The quantitative estimate of drug-likeness (QED) is 0.498. The van der Waals surface area contributed by atoms with Gasteiger partial charge in [0.1, 0.15) is 5.76 Å². The van der Waals surface area contributed by atoms with Gasteiger partial charge in [-0.3, -0.25) is 14.5 Å². The lowest BCUT2D eigenvalue weighted by atomic mass is 9.91. The van der Waals surface area contributed by atoms with E-state index >= 15 is 0 Å². The second kappa shape index (κ2) is 12.3. The molecule has 1 aliphatic heterocycles. The molecule has 1 aromatic carbocycles. The maximum Gasteiger partial charge on any atom is 0.343 e. The molecule has 1 N–H and O–H groups in total. The van der Waals surface area contributed by atoms with Crippen molar-refractivity contribution in [1.82, 2.24) is 4.90 Å². The number of esters is 2. The first-order valence-electron chi connectivity index (χ1n) is 11.4. The molecule has 2 heterocycles. The summed E-state index contributed by atoms with van der Waals surface area (Å²) in [5, 5.41) is 10.6. The summed E-state index contributed by atoms with van der Waals surface area (Å²) in [5.41, 5.74) is -0.0654. The number of piperidine rings is 1. The SMILES string of the molecule is COC(=O)COc1ccc(C(CC(=O)OC)c2oc(CN3CCCCC3)cc(=O)c2O)cc1OC. The Kier molecular flexibility index (Phi) is 9.13. The third-order valence-electron chi connectivity index (χ3n) is 5.91. The van der Waals surface area contributed by atoms with E-state index in [-0.39, 0.29) is 30.3 Å². The topological polar surface area (TPSA) is 125 Å². The smallest absolute Gasteiger partial charge is 0.343 e. The van der Waals surface area contributed by atoms with Gasteiger partial charge in [0.2, 0.25) is 11.2 Å². The Morgan fingerprint density at radius 1 is 1.03 bits per heavy atom. The Morgan fingerprint density at radius 2 is 1.74 bits per heavy atom. The predicted molar refractivity (Wildman–Crippen MR) is 125 cm³/mol. The number of ether oxygens (including phenoxy) is 4. The van der Waals surface area contributed by atoms with Crippen LogP contribution in [0.25, 0.3) is 0 Å². The number of methoxy groups -OCH3 is 3. The van der Waals surface area contributed by atoms with E-state index in [1.807, 2.05) is 0 Å². The van der Waals surface area contributed by atoms with E-state index in [4.69, 9.17) is 18.6 Å². The van der Waals surface area contributed by atoms with Crippen molar-refractivity contribution in [3.63, 3.8) is 0 Å². The maximum absolute atomic E-state index is 12.6. The Morgan fingerprint density at radius 3 is 2.40 bits per heavy atom. The highest BCUT2D eigenvalue weighted by Gasteiger charge is 2.28. The van der Waals surface area contributed by atoms with Gasteiger partial charge in [-0.25, -0.2) is 4.79 Å². The van der Waals surface area contributed by atoms with E-state index in [9.17, 15) is 19.5 Å². The standard InChI is InChI=1S/C25H31NO9/c1-31-21-11-16(7-8-20(21)34-15-23(29)33-3)18(13-22(28)32-2)25-24(30)19(27)12-17(35-25)14-26-9-5-4-6-10-26/h7-8,11-12,18,30H,4-6,9-10,13-15H2,1-3H3. The molecular formula is C25H31NO9. The molecule has 35 heavy (non-hydrogen) atoms. The molecule has 0 radical (unpaired) electrons. The molecule has 1 aromatic heterocycles. The normalized spacial score (nSPS) is 14.7. The molecule has 3 rings (SSSR count). The average molecular weight is 490 g/mol. The number of aromatic hydroxyl groups is 1. The van der Waals surface area contributed by atoms with E-state index in [2.05, 4.69) is 9.64 Å². The van der Waals surface area contributed by atoms with Crippen LogP contribution in [0.2, 0.25) is 0 Å². The van der Waals surface area contributed by atoms with Gasteiger partial charge in [-0.05, 0) is 43.6 Å². The second-order valence-corrected chi connectivity index (χ2v) is 8.23. The van der Waals surface area contributed by atoms with Gasteiger partial charge in [0.25, 0.3) is 0 Å². The molecule has 1 saturated heterocycles. The minimum Gasteiger partial charge on any atom is -0.502 e. The van der Waals surface area contributed by atoms with Gasteiger partial charge in [-0.1, -0.05) is 12.5 Å². The van der Waals surface area contributed by atoms with E-state index < -0.39 is 29.0 Å². The van der Waals surface area contributed by atoms with Crippen LogP contribution in [-0.2, 0) is 25.6 Å². The molecular weight excluding hydrogens is 458 g/mol. The number of likely N-dealkylation sites (tertiary alicyclic amines) is 1. The molecule has 190 valence electrons. The lowest BCUT2D eigenvalue weighted by molar-refractivity contribution is -0.143. The Labute approximate surface area is 203 Å². The first-order chi connectivity index (χ1) is 16.9. The van der Waals surface area contributed by atoms with Crippen LogP contribution in [0.15, 0.2) is 33.5 Å². The molecule has 10 nitrogen and oxygen atoms in total. The van der Waals surface area contributed by atoms with E-state index in [1.165, 1.54) is 33.8 Å². The number of rotatable bonds is 10. The molecule has 1 unspecified atom stereocenters. The number of carbonyl (C=O) groups is 2. The Bertz CT molecular complexity index is 1090. The summed E-state index contributed by atoms with van der Waals surface area (Å²) in [6.07, 6.45) is 3.13. The molecule has 0 spiro atoms. The zero-order valence-corrected chi connectivity index (χ0v) is 20.2. The fourth-order valence-electron chi connectivity index (χ4n) is 4.03. The molecule has 1 atom stereocenters. The van der Waals surface area contributed by atoms with Crippen LogP contribution in [0.3, 0.4) is 0 Å². The van der Waals surface area contributed by atoms with Crippen LogP contribution in [0.5, 0.6) is 17.2 Å². The predicted octanol–water partition coefficient (Wildman–Crippen LogP) is 2.59. The van der Waals surface area contributed by atoms with E-state index in [0.29, 0.717) is 17.9 Å². The fraction of sp³-hybridized carbons (Fsp3) is 0.480. The first kappa shape index (κ1) is 26.1. The average Bonchev–Trinajstić information content (AvgIpc) is 2.88. The van der Waals surface area contributed by atoms with Gasteiger partial charge >= 0.3 is 11.9 Å². The fourth-order valence-corrected chi connectivity index (χ4v) is 4.03. The molecule has 0 amide bonds. The van der Waals surface area contributed by atoms with Crippen molar-refractivity contribution in [2.75, 3.05) is 41.0 Å². The van der Waals surface area contributed by atoms with Crippen molar-refractivity contribution < 1.29 is 38.1 Å². The minimum absolute atomic E-state index is 0.0276. The van der Waals surface area contributed by atoms with Crippen LogP contribution < -0.4 is 14.9 Å². The van der Waals surface area contributed by atoms with Crippen molar-refractivity contribution >= 4 is 11.9 Å². The summed E-state index contributed by atoms with van der Waals surface area (Å²) in [7, 11) is 3.94. The van der Waals surface area contributed by atoms with Crippen molar-refractivity contribution in [1.29, 1.82) is 0 Å². The van der Waals surface area contributed by atoms with Crippen molar-refractivity contribution in [2.45, 2.75) is 38.1 Å². The molecule has 0 aliphatic carbocycles. The monoisotopic (exact) mass is 489 g/mol. The zero-order valence-electron chi connectivity index (χ0n) is 20.2. The number of hydrogen-bond donors (Lipinski definition) is 1. The molecule has 1 aliphatic rings. The highest BCUT2D eigenvalue weighted by molar-refractivity contribution is 5.72. The highest BCUT2D eigenvalue weighted by atomic mass is 16.6. The number of nitrogens with zero attached hydrogens (tertiary/aromatic N) is 1. The van der Waals surface area contributed by atoms with E-state index in [0.717, 1.165) is 25.9 Å². The molecule has 10 heteroatoms. The number of carbonyl (C=O) groups excluding carboxylic acids is 2. The minimum atomic E-state index is -0.833. The van der Waals surface area contributed by atoms with Gasteiger partial charge in [0.15, 0.2) is 23.9 Å². The lowest BCUT2D eigenvalue weighted by Crippen LogP contribution is -2.29. The highest BCUT2D eigenvalue weighted by Crippen LogP contribution is 2.38. The first-order valence-corrected chi connectivity index (χ1v) is 11.4. The Hall–Kier alpha value is -3.53. The van der Waals surface area contributed by atoms with Gasteiger partial charge < -0.3 is 28.5 Å². The molecule has 1 fully saturated rings. The van der Waals surface area contributed by atoms with Gasteiger partial charge in [-0.15, -0.1) is 0 Å². The van der Waals surface area contributed by atoms with Crippen LogP contribution in [-0.4, -0.2) is 63.0 Å². The van der Waals surface area contributed by atoms with Crippen LogP contribution >= 0.6 is 0 Å². The van der Waals surface area contributed by atoms with Gasteiger partial charge in [0.05, 0.1) is 40.2 Å². The van der Waals surface area contributed by atoms with Gasteiger partial charge in [0, 0.05) is 6.07 Å². The summed E-state index contributed by atoms with van der Waals surface area (Å²) in [6, 6.07) is 6.08. The largest absolute Gasteiger partial charge is 0.502 e. The molecule has 0 saturated carbocycles. The van der Waals surface area contributed by atoms with Crippen LogP contribution in [0.4, 0.5) is 0 Å². The lowest BCUT2D eigenvalue weighted by Gasteiger charge is -2.26.